The zero-order valence-corrected chi connectivity index (χ0v) is 14.4. The number of carboxylic acid groups (broad SMARTS) is 1. The highest BCUT2D eigenvalue weighted by atomic mass is 19.4. The maximum Gasteiger partial charge on any atom is 0.424 e. The molecule has 9 heteroatoms. The number of hydrazone groups is 1. The van der Waals surface area contributed by atoms with Crippen LogP contribution in [0.2, 0.25) is 0 Å². The minimum Gasteiger partial charge on any atom is -0.478 e. The Morgan fingerprint density at radius 3 is 2.14 bits per heavy atom. The molecule has 1 heterocycles. The van der Waals surface area contributed by atoms with E-state index in [1.807, 2.05) is 6.07 Å². The maximum atomic E-state index is 13.1. The zero-order chi connectivity index (χ0) is 20.5. The largest absolute Gasteiger partial charge is 0.478 e. The van der Waals surface area contributed by atoms with Crippen LogP contribution in [0.3, 0.4) is 0 Å². The van der Waals surface area contributed by atoms with Gasteiger partial charge in [0.15, 0.2) is 5.57 Å². The number of nitrogens with zero attached hydrogens (tertiary/aromatic N) is 2. The zero-order valence-electron chi connectivity index (χ0n) is 14.4. The molecule has 0 bridgehead atoms. The van der Waals surface area contributed by atoms with Crippen LogP contribution in [0.15, 0.2) is 70.8 Å². The van der Waals surface area contributed by atoms with Gasteiger partial charge in [0.2, 0.25) is 0 Å². The van der Waals surface area contributed by atoms with Crippen molar-refractivity contribution < 1.29 is 32.6 Å². The van der Waals surface area contributed by atoms with E-state index in [1.54, 1.807) is 24.3 Å². The predicted molar refractivity (Wildman–Crippen MR) is 94.3 cm³/mol. The lowest BCUT2D eigenvalue weighted by molar-refractivity contribution is -0.145. The van der Waals surface area contributed by atoms with Crippen molar-refractivity contribution in [2.24, 2.45) is 5.10 Å². The molecule has 0 radical (unpaired) electrons. The highest BCUT2D eigenvalue weighted by Crippen LogP contribution is 2.34. The molecule has 0 aliphatic carbocycles. The molecule has 0 saturated carbocycles. The van der Waals surface area contributed by atoms with Crippen LogP contribution in [0, 0.1) is 0 Å². The minimum atomic E-state index is -5.20. The van der Waals surface area contributed by atoms with E-state index < -0.39 is 29.2 Å². The van der Waals surface area contributed by atoms with Crippen molar-refractivity contribution in [3.05, 3.63) is 65.7 Å². The summed E-state index contributed by atoms with van der Waals surface area (Å²) in [5.74, 6) is -2.37. The first-order chi connectivity index (χ1) is 13.2. The monoisotopic (exact) mass is 390 g/mol. The summed E-state index contributed by atoms with van der Waals surface area (Å²) in [4.78, 5) is 23.5. The number of amides is 1. The number of aliphatic carboxylic acids is 1. The lowest BCUT2D eigenvalue weighted by Gasteiger charge is -2.14. The predicted octanol–water partition coefficient (Wildman–Crippen LogP) is 4.14. The normalized spacial score (nSPS) is 16.1. The van der Waals surface area contributed by atoms with Crippen LogP contribution >= 0.6 is 0 Å². The number of para-hydroxylation sites is 1. The van der Waals surface area contributed by atoms with E-state index in [-0.39, 0.29) is 11.4 Å². The summed E-state index contributed by atoms with van der Waals surface area (Å²) in [5, 5.41) is 13.4. The molecule has 28 heavy (non-hydrogen) atoms. The van der Waals surface area contributed by atoms with Crippen LogP contribution in [-0.4, -0.2) is 28.9 Å². The van der Waals surface area contributed by atoms with Crippen molar-refractivity contribution in [2.45, 2.75) is 13.1 Å². The van der Waals surface area contributed by atoms with E-state index in [9.17, 15) is 22.8 Å². The molecule has 0 atom stereocenters. The third-order valence-electron chi connectivity index (χ3n) is 3.83. The molecule has 0 saturated heterocycles. The molecule has 2 aromatic rings. The van der Waals surface area contributed by atoms with E-state index in [0.717, 1.165) is 11.9 Å². The smallest absolute Gasteiger partial charge is 0.424 e. The highest BCUT2D eigenvalue weighted by Gasteiger charge is 2.46. The molecule has 0 unspecified atom stereocenters. The summed E-state index contributed by atoms with van der Waals surface area (Å²) in [6, 6.07) is 14.8. The van der Waals surface area contributed by atoms with Crippen molar-refractivity contribution in [1.82, 2.24) is 0 Å². The Morgan fingerprint density at radius 2 is 1.61 bits per heavy atom. The standard InChI is InChI=1S/C19H13F3N2O4/c1-11-15(16(18(26)27)19(20,21)22)17(25)24(23-11)12-7-9-14(10-8-12)28-13-5-3-2-4-6-13/h2-10H,1H3,(H,26,27). The second-order valence-corrected chi connectivity index (χ2v) is 5.76. The number of carbonyl (C=O) groups excluding carboxylic acids is 1. The number of hydrogen-bond donors (Lipinski definition) is 1. The Balaban J connectivity index is 1.89. The number of rotatable bonds is 4. The SMILES string of the molecule is CC1=NN(c2ccc(Oc3ccccc3)cc2)C(=O)C1=C(C(=O)O)C(F)(F)F. The number of alkyl halides is 3. The van der Waals surface area contributed by atoms with Crippen LogP contribution in [0.4, 0.5) is 18.9 Å². The summed E-state index contributed by atoms with van der Waals surface area (Å²) in [7, 11) is 0. The van der Waals surface area contributed by atoms with Gasteiger partial charge in [0.1, 0.15) is 11.5 Å². The number of hydrogen-bond acceptors (Lipinski definition) is 4. The van der Waals surface area contributed by atoms with Crippen LogP contribution in [0.1, 0.15) is 6.92 Å². The van der Waals surface area contributed by atoms with Gasteiger partial charge in [-0.1, -0.05) is 18.2 Å². The Bertz CT molecular complexity index is 980. The molecule has 1 amide bonds. The van der Waals surface area contributed by atoms with Gasteiger partial charge in [0, 0.05) is 0 Å². The van der Waals surface area contributed by atoms with Crippen molar-refractivity contribution in [1.29, 1.82) is 0 Å². The molecule has 144 valence electrons. The molecule has 3 rings (SSSR count). The maximum absolute atomic E-state index is 13.1. The number of benzene rings is 2. The number of anilines is 1. The van der Waals surface area contributed by atoms with Gasteiger partial charge >= 0.3 is 12.1 Å². The molecule has 1 N–H and O–H groups in total. The fraction of sp³-hybridized carbons (Fsp3) is 0.105. The Morgan fingerprint density at radius 1 is 1.04 bits per heavy atom. The van der Waals surface area contributed by atoms with E-state index in [0.29, 0.717) is 11.5 Å². The van der Waals surface area contributed by atoms with E-state index in [1.165, 1.54) is 24.3 Å². The number of carbonyl (C=O) groups is 2. The van der Waals surface area contributed by atoms with Gasteiger partial charge in [-0.05, 0) is 43.3 Å². The topological polar surface area (TPSA) is 79.2 Å². The van der Waals surface area contributed by atoms with Crippen LogP contribution < -0.4 is 9.75 Å². The van der Waals surface area contributed by atoms with Gasteiger partial charge in [0.25, 0.3) is 5.91 Å². The average Bonchev–Trinajstić information content (AvgIpc) is 2.90. The first-order valence-electron chi connectivity index (χ1n) is 7.96. The molecule has 0 aromatic heterocycles. The van der Waals surface area contributed by atoms with Gasteiger partial charge in [-0.2, -0.15) is 23.3 Å². The molecule has 0 spiro atoms. The summed E-state index contributed by atoms with van der Waals surface area (Å²) < 4.78 is 44.8. The van der Waals surface area contributed by atoms with E-state index in [4.69, 9.17) is 9.84 Å². The summed E-state index contributed by atoms with van der Waals surface area (Å²) in [6.45, 7) is 1.15. The van der Waals surface area contributed by atoms with Crippen molar-refractivity contribution >= 4 is 23.3 Å². The quantitative estimate of drug-likeness (QED) is 0.796. The molecule has 6 nitrogen and oxygen atoms in total. The number of halogens is 3. The van der Waals surface area contributed by atoms with Crippen LogP contribution in [-0.2, 0) is 9.59 Å². The molecule has 1 aliphatic heterocycles. The first-order valence-corrected chi connectivity index (χ1v) is 7.96. The van der Waals surface area contributed by atoms with Crippen molar-refractivity contribution in [2.75, 3.05) is 5.01 Å². The van der Waals surface area contributed by atoms with Gasteiger partial charge in [-0.25, -0.2) is 4.79 Å². The van der Waals surface area contributed by atoms with Crippen molar-refractivity contribution in [3.63, 3.8) is 0 Å². The Labute approximate surface area is 157 Å². The van der Waals surface area contributed by atoms with E-state index in [2.05, 4.69) is 5.10 Å². The van der Waals surface area contributed by atoms with Gasteiger partial charge < -0.3 is 9.84 Å². The molecular formula is C19H13F3N2O4. The van der Waals surface area contributed by atoms with Crippen LogP contribution in [0.25, 0.3) is 0 Å². The fourth-order valence-electron chi connectivity index (χ4n) is 2.62. The van der Waals surface area contributed by atoms with Crippen molar-refractivity contribution in [3.8, 4) is 11.5 Å². The Kier molecular flexibility index (Phi) is 4.91. The summed E-state index contributed by atoms with van der Waals surface area (Å²) in [6.07, 6.45) is -5.20. The second-order valence-electron chi connectivity index (χ2n) is 5.76. The number of ether oxygens (including phenoxy) is 1. The van der Waals surface area contributed by atoms with Crippen LogP contribution in [0.5, 0.6) is 11.5 Å². The average molecular weight is 390 g/mol. The van der Waals surface area contributed by atoms with Gasteiger partial charge in [-0.15, -0.1) is 0 Å². The summed E-state index contributed by atoms with van der Waals surface area (Å²) >= 11 is 0. The summed E-state index contributed by atoms with van der Waals surface area (Å²) in [5.41, 5.74) is -3.08. The third-order valence-corrected chi connectivity index (χ3v) is 3.83. The first kappa shape index (κ1) is 19.2. The van der Waals surface area contributed by atoms with Gasteiger partial charge in [-0.3, -0.25) is 4.79 Å². The second kappa shape index (κ2) is 7.18. The Hall–Kier alpha value is -3.62. The van der Waals surface area contributed by atoms with Gasteiger partial charge in [0.05, 0.1) is 17.0 Å². The highest BCUT2D eigenvalue weighted by molar-refractivity contribution is 6.32. The molecule has 2 aromatic carbocycles. The minimum absolute atomic E-state index is 0.173. The lowest BCUT2D eigenvalue weighted by atomic mass is 10.0. The number of carboxylic acids is 1. The third kappa shape index (κ3) is 3.73. The molecular weight excluding hydrogens is 377 g/mol. The fourth-order valence-corrected chi connectivity index (χ4v) is 2.62. The van der Waals surface area contributed by atoms with E-state index >= 15 is 0 Å². The lowest BCUT2D eigenvalue weighted by Crippen LogP contribution is -2.29. The molecule has 1 aliphatic rings. The molecule has 0 fully saturated rings.